The maximum Gasteiger partial charge on any atom is 0.241 e. The summed E-state index contributed by atoms with van der Waals surface area (Å²) in [5.74, 6) is 0.00634. The van der Waals surface area contributed by atoms with Crippen LogP contribution in [0.1, 0.15) is 25.8 Å². The zero-order chi connectivity index (χ0) is 13.5. The van der Waals surface area contributed by atoms with Gasteiger partial charge in [0, 0.05) is 12.2 Å². The van der Waals surface area contributed by atoms with Gasteiger partial charge < -0.3 is 11.1 Å². The number of carbonyl (C=O) groups is 1. The van der Waals surface area contributed by atoms with Gasteiger partial charge in [0.2, 0.25) is 5.91 Å². The number of nitrogens with two attached hydrogens (primary N) is 1. The van der Waals surface area contributed by atoms with Crippen LogP contribution < -0.4 is 11.1 Å². The number of hydrogen-bond donors (Lipinski definition) is 2. The molecule has 1 aromatic rings. The van der Waals surface area contributed by atoms with Crippen LogP contribution in [0.25, 0.3) is 0 Å². The molecular formula is C14H23N3O. The second-order valence-electron chi connectivity index (χ2n) is 4.51. The van der Waals surface area contributed by atoms with Crippen molar-refractivity contribution < 1.29 is 4.79 Å². The van der Waals surface area contributed by atoms with Crippen LogP contribution in [0.4, 0.5) is 5.69 Å². The summed E-state index contributed by atoms with van der Waals surface area (Å²) in [5, 5.41) is 2.94. The smallest absolute Gasteiger partial charge is 0.241 e. The fourth-order valence-electron chi connectivity index (χ4n) is 1.80. The second kappa shape index (κ2) is 7.13. The van der Waals surface area contributed by atoms with Gasteiger partial charge in [0.1, 0.15) is 0 Å². The Hall–Kier alpha value is -1.39. The van der Waals surface area contributed by atoms with E-state index < -0.39 is 0 Å². The number of nitrogens with one attached hydrogen (secondary N) is 1. The Kier molecular flexibility index (Phi) is 5.82. The molecule has 0 bridgehead atoms. The number of para-hydroxylation sites is 1. The molecule has 18 heavy (non-hydrogen) atoms. The Labute approximate surface area is 109 Å². The van der Waals surface area contributed by atoms with E-state index in [0.717, 1.165) is 24.2 Å². The molecule has 1 atom stereocenters. The monoisotopic (exact) mass is 249 g/mol. The molecule has 0 fully saturated rings. The van der Waals surface area contributed by atoms with Crippen LogP contribution in [0.3, 0.4) is 0 Å². The summed E-state index contributed by atoms with van der Waals surface area (Å²) in [5.41, 5.74) is 7.41. The first-order chi connectivity index (χ1) is 8.60. The number of hydrogen-bond acceptors (Lipinski definition) is 3. The third kappa shape index (κ3) is 3.82. The standard InChI is InChI=1S/C14H23N3O/c1-4-9-17(3)11(2)14(18)16-13-8-6-5-7-12(13)10-15/h5-8,11H,4,9-10,15H2,1-3H3,(H,16,18). The summed E-state index contributed by atoms with van der Waals surface area (Å²) in [4.78, 5) is 14.1. The fourth-order valence-corrected chi connectivity index (χ4v) is 1.80. The molecule has 0 aliphatic carbocycles. The molecule has 0 heterocycles. The van der Waals surface area contributed by atoms with E-state index in [1.165, 1.54) is 0 Å². The molecular weight excluding hydrogens is 226 g/mol. The molecule has 0 saturated carbocycles. The van der Waals surface area contributed by atoms with Gasteiger partial charge in [0.25, 0.3) is 0 Å². The quantitative estimate of drug-likeness (QED) is 0.808. The number of anilines is 1. The van der Waals surface area contributed by atoms with Gasteiger partial charge in [-0.15, -0.1) is 0 Å². The summed E-state index contributed by atoms with van der Waals surface area (Å²) in [7, 11) is 1.96. The highest BCUT2D eigenvalue weighted by Gasteiger charge is 2.17. The predicted molar refractivity (Wildman–Crippen MR) is 75.3 cm³/mol. The van der Waals surface area contributed by atoms with Gasteiger partial charge in [-0.25, -0.2) is 0 Å². The Bertz CT molecular complexity index is 392. The van der Waals surface area contributed by atoms with Gasteiger partial charge in [-0.2, -0.15) is 0 Å². The summed E-state index contributed by atoms with van der Waals surface area (Å²) >= 11 is 0. The van der Waals surface area contributed by atoms with E-state index in [1.54, 1.807) is 0 Å². The molecule has 1 unspecified atom stereocenters. The van der Waals surface area contributed by atoms with Crippen LogP contribution in [0.2, 0.25) is 0 Å². The minimum atomic E-state index is -0.143. The van der Waals surface area contributed by atoms with Crippen LogP contribution in [0, 0.1) is 0 Å². The second-order valence-corrected chi connectivity index (χ2v) is 4.51. The SMILES string of the molecule is CCCN(C)C(C)C(=O)Nc1ccccc1CN. The van der Waals surface area contributed by atoms with Gasteiger partial charge in [-0.3, -0.25) is 9.69 Å². The van der Waals surface area contributed by atoms with Crippen molar-refractivity contribution in [2.45, 2.75) is 32.9 Å². The van der Waals surface area contributed by atoms with Gasteiger partial charge in [0.15, 0.2) is 0 Å². The zero-order valence-electron chi connectivity index (χ0n) is 11.4. The molecule has 0 radical (unpaired) electrons. The maximum absolute atomic E-state index is 12.1. The topological polar surface area (TPSA) is 58.4 Å². The highest BCUT2D eigenvalue weighted by molar-refractivity contribution is 5.95. The first-order valence-electron chi connectivity index (χ1n) is 6.39. The molecule has 0 spiro atoms. The van der Waals surface area contributed by atoms with E-state index in [2.05, 4.69) is 12.2 Å². The normalized spacial score (nSPS) is 12.5. The Balaban J connectivity index is 2.69. The molecule has 1 amide bonds. The van der Waals surface area contributed by atoms with E-state index in [-0.39, 0.29) is 11.9 Å². The van der Waals surface area contributed by atoms with E-state index in [1.807, 2.05) is 43.1 Å². The molecule has 1 rings (SSSR count). The van der Waals surface area contributed by atoms with Crippen molar-refractivity contribution in [1.82, 2.24) is 4.90 Å². The van der Waals surface area contributed by atoms with Crippen molar-refractivity contribution in [3.8, 4) is 0 Å². The maximum atomic E-state index is 12.1. The van der Waals surface area contributed by atoms with Crippen molar-refractivity contribution in [3.05, 3.63) is 29.8 Å². The summed E-state index contributed by atoms with van der Waals surface area (Å²) in [6, 6.07) is 7.48. The minimum absolute atomic E-state index is 0.00634. The molecule has 0 saturated heterocycles. The highest BCUT2D eigenvalue weighted by Crippen LogP contribution is 2.14. The fraction of sp³-hybridized carbons (Fsp3) is 0.500. The van der Waals surface area contributed by atoms with Crippen LogP contribution in [-0.2, 0) is 11.3 Å². The van der Waals surface area contributed by atoms with Crippen LogP contribution in [0.15, 0.2) is 24.3 Å². The van der Waals surface area contributed by atoms with Gasteiger partial charge in [0.05, 0.1) is 6.04 Å². The number of likely N-dealkylation sites (N-methyl/N-ethyl adjacent to an activating group) is 1. The van der Waals surface area contributed by atoms with Crippen molar-refractivity contribution in [1.29, 1.82) is 0 Å². The van der Waals surface area contributed by atoms with Crippen molar-refractivity contribution in [2.75, 3.05) is 18.9 Å². The lowest BCUT2D eigenvalue weighted by atomic mass is 10.1. The summed E-state index contributed by atoms with van der Waals surface area (Å²) in [6.45, 7) is 5.35. The van der Waals surface area contributed by atoms with E-state index in [4.69, 9.17) is 5.73 Å². The van der Waals surface area contributed by atoms with Crippen LogP contribution in [0.5, 0.6) is 0 Å². The Morgan fingerprint density at radius 2 is 2.11 bits per heavy atom. The molecule has 3 N–H and O–H groups in total. The van der Waals surface area contributed by atoms with Crippen LogP contribution in [-0.4, -0.2) is 30.4 Å². The van der Waals surface area contributed by atoms with E-state index in [9.17, 15) is 4.79 Å². The molecule has 0 aliphatic heterocycles. The number of nitrogens with zero attached hydrogens (tertiary/aromatic N) is 1. The summed E-state index contributed by atoms with van der Waals surface area (Å²) in [6.07, 6.45) is 1.04. The highest BCUT2D eigenvalue weighted by atomic mass is 16.2. The molecule has 0 aliphatic rings. The van der Waals surface area contributed by atoms with Gasteiger partial charge in [-0.1, -0.05) is 25.1 Å². The average Bonchev–Trinajstić information content (AvgIpc) is 2.38. The molecule has 100 valence electrons. The number of amides is 1. The predicted octanol–water partition coefficient (Wildman–Crippen LogP) is 1.81. The zero-order valence-corrected chi connectivity index (χ0v) is 11.4. The van der Waals surface area contributed by atoms with Crippen molar-refractivity contribution in [3.63, 3.8) is 0 Å². The van der Waals surface area contributed by atoms with E-state index in [0.29, 0.717) is 6.54 Å². The first kappa shape index (κ1) is 14.7. The number of carbonyl (C=O) groups excluding carboxylic acids is 1. The lowest BCUT2D eigenvalue weighted by Crippen LogP contribution is -2.40. The van der Waals surface area contributed by atoms with Gasteiger partial charge in [-0.05, 0) is 38.6 Å². The molecule has 1 aromatic carbocycles. The Morgan fingerprint density at radius 3 is 2.72 bits per heavy atom. The van der Waals surface area contributed by atoms with Crippen molar-refractivity contribution in [2.24, 2.45) is 5.73 Å². The van der Waals surface area contributed by atoms with Crippen LogP contribution >= 0.6 is 0 Å². The number of benzene rings is 1. The lowest BCUT2D eigenvalue weighted by Gasteiger charge is -2.23. The minimum Gasteiger partial charge on any atom is -0.326 e. The average molecular weight is 249 g/mol. The third-order valence-corrected chi connectivity index (χ3v) is 3.11. The van der Waals surface area contributed by atoms with E-state index >= 15 is 0 Å². The largest absolute Gasteiger partial charge is 0.326 e. The lowest BCUT2D eigenvalue weighted by molar-refractivity contribution is -0.120. The van der Waals surface area contributed by atoms with Gasteiger partial charge >= 0.3 is 0 Å². The first-order valence-corrected chi connectivity index (χ1v) is 6.39. The molecule has 4 heteroatoms. The third-order valence-electron chi connectivity index (χ3n) is 3.11. The number of rotatable bonds is 6. The molecule has 0 aromatic heterocycles. The van der Waals surface area contributed by atoms with Crippen molar-refractivity contribution >= 4 is 11.6 Å². The molecule has 4 nitrogen and oxygen atoms in total. The Morgan fingerprint density at radius 1 is 1.44 bits per heavy atom. The summed E-state index contributed by atoms with van der Waals surface area (Å²) < 4.78 is 0.